The summed E-state index contributed by atoms with van der Waals surface area (Å²) in [5.41, 5.74) is 1.31. The molecule has 24 heavy (non-hydrogen) atoms. The third-order valence-corrected chi connectivity index (χ3v) is 3.95. The van der Waals surface area contributed by atoms with Crippen molar-refractivity contribution in [3.63, 3.8) is 0 Å². The molecule has 126 valence electrons. The highest BCUT2D eigenvalue weighted by Gasteiger charge is 2.33. The molecule has 1 aliphatic rings. The van der Waals surface area contributed by atoms with E-state index in [4.69, 9.17) is 0 Å². The summed E-state index contributed by atoms with van der Waals surface area (Å²) in [5.74, 6) is 0.476. The number of hydrogen-bond donors (Lipinski definition) is 1. The number of pyridine rings is 1. The molecule has 0 radical (unpaired) electrons. The first-order valence-electron chi connectivity index (χ1n) is 7.70. The maximum absolute atomic E-state index is 12.5. The molecule has 0 aliphatic carbocycles. The van der Waals surface area contributed by atoms with Gasteiger partial charge in [-0.25, -0.2) is 4.98 Å². The van der Waals surface area contributed by atoms with Crippen LogP contribution in [0.15, 0.2) is 30.7 Å². The Bertz CT molecular complexity index is 752. The molecule has 1 atom stereocenters. The molecule has 1 unspecified atom stereocenters. The lowest BCUT2D eigenvalue weighted by molar-refractivity contribution is -0.117. The summed E-state index contributed by atoms with van der Waals surface area (Å²) in [6, 6.07) is 3.10. The average Bonchev–Trinajstić information content (AvgIpc) is 3.14. The van der Waals surface area contributed by atoms with E-state index in [0.29, 0.717) is 24.3 Å². The summed E-state index contributed by atoms with van der Waals surface area (Å²) < 4.78 is 1.67. The first-order chi connectivity index (χ1) is 11.5. The lowest BCUT2D eigenvalue weighted by atomic mass is 10.2. The molecule has 1 fully saturated rings. The van der Waals surface area contributed by atoms with Gasteiger partial charge in [0.05, 0.1) is 17.4 Å². The minimum absolute atomic E-state index is 0.00163. The summed E-state index contributed by atoms with van der Waals surface area (Å²) in [7, 11) is 5.21. The molecule has 0 spiro atoms. The second-order valence-electron chi connectivity index (χ2n) is 5.98. The van der Waals surface area contributed by atoms with Crippen LogP contribution in [0.4, 0.5) is 11.5 Å². The molecule has 1 saturated heterocycles. The van der Waals surface area contributed by atoms with Crippen LogP contribution in [0.3, 0.4) is 0 Å². The van der Waals surface area contributed by atoms with Gasteiger partial charge in [0.1, 0.15) is 11.9 Å². The zero-order valence-corrected chi connectivity index (χ0v) is 13.9. The van der Waals surface area contributed by atoms with E-state index in [0.717, 1.165) is 5.69 Å². The monoisotopic (exact) mass is 328 g/mol. The molecule has 1 N–H and O–H groups in total. The predicted molar refractivity (Wildman–Crippen MR) is 89.8 cm³/mol. The Hall–Kier alpha value is -2.90. The van der Waals surface area contributed by atoms with Crippen molar-refractivity contribution in [1.29, 1.82) is 0 Å². The molecular weight excluding hydrogens is 308 g/mol. The van der Waals surface area contributed by atoms with Crippen molar-refractivity contribution in [1.82, 2.24) is 19.7 Å². The van der Waals surface area contributed by atoms with Crippen molar-refractivity contribution in [2.75, 3.05) is 30.9 Å². The van der Waals surface area contributed by atoms with E-state index in [1.807, 2.05) is 13.2 Å². The summed E-state index contributed by atoms with van der Waals surface area (Å²) in [4.78, 5) is 31.8. The highest BCUT2D eigenvalue weighted by molar-refractivity contribution is 6.00. The van der Waals surface area contributed by atoms with Gasteiger partial charge in [0.2, 0.25) is 5.91 Å². The Morgan fingerprint density at radius 1 is 1.33 bits per heavy atom. The summed E-state index contributed by atoms with van der Waals surface area (Å²) in [6.07, 6.45) is 5.71. The van der Waals surface area contributed by atoms with Crippen molar-refractivity contribution in [3.05, 3.63) is 36.3 Å². The topological polar surface area (TPSA) is 83.4 Å². The van der Waals surface area contributed by atoms with Crippen molar-refractivity contribution >= 4 is 23.3 Å². The van der Waals surface area contributed by atoms with E-state index in [9.17, 15) is 9.59 Å². The third-order valence-electron chi connectivity index (χ3n) is 3.95. The summed E-state index contributed by atoms with van der Waals surface area (Å²) in [6.45, 7) is 0.638. The van der Waals surface area contributed by atoms with E-state index in [1.165, 1.54) is 11.1 Å². The van der Waals surface area contributed by atoms with Crippen molar-refractivity contribution in [2.24, 2.45) is 7.05 Å². The van der Waals surface area contributed by atoms with Gasteiger partial charge in [-0.2, -0.15) is 5.10 Å². The number of aromatic nitrogens is 3. The van der Waals surface area contributed by atoms with Crippen molar-refractivity contribution in [2.45, 2.75) is 12.5 Å². The van der Waals surface area contributed by atoms with E-state index in [1.54, 1.807) is 42.0 Å². The van der Waals surface area contributed by atoms with Crippen LogP contribution in [-0.2, 0) is 11.8 Å². The van der Waals surface area contributed by atoms with Gasteiger partial charge in [-0.05, 0) is 18.6 Å². The number of rotatable bonds is 4. The SMILES string of the molecule is CN(C)C(=O)c1ccc(NC2CCN(c3cnn(C)c3)C2=O)nc1. The molecule has 0 aromatic carbocycles. The van der Waals surface area contributed by atoms with Crippen LogP contribution in [0.1, 0.15) is 16.8 Å². The molecule has 0 bridgehead atoms. The number of aryl methyl sites for hydroxylation is 1. The van der Waals surface area contributed by atoms with Gasteiger partial charge in [0.15, 0.2) is 0 Å². The molecular formula is C16H20N6O2. The number of nitrogens with one attached hydrogen (secondary N) is 1. The minimum Gasteiger partial charge on any atom is -0.358 e. The number of amides is 2. The maximum Gasteiger partial charge on any atom is 0.254 e. The molecule has 8 heteroatoms. The Kier molecular flexibility index (Phi) is 4.20. The van der Waals surface area contributed by atoms with Crippen LogP contribution in [0.5, 0.6) is 0 Å². The smallest absolute Gasteiger partial charge is 0.254 e. The number of carbonyl (C=O) groups excluding carboxylic acids is 2. The highest BCUT2D eigenvalue weighted by Crippen LogP contribution is 2.22. The molecule has 8 nitrogen and oxygen atoms in total. The average molecular weight is 328 g/mol. The second-order valence-corrected chi connectivity index (χ2v) is 5.98. The Morgan fingerprint density at radius 2 is 2.12 bits per heavy atom. The fourth-order valence-corrected chi connectivity index (χ4v) is 2.66. The highest BCUT2D eigenvalue weighted by atomic mass is 16.2. The van der Waals surface area contributed by atoms with Crippen LogP contribution >= 0.6 is 0 Å². The zero-order chi connectivity index (χ0) is 17.3. The van der Waals surface area contributed by atoms with Gasteiger partial charge in [-0.15, -0.1) is 0 Å². The zero-order valence-electron chi connectivity index (χ0n) is 13.9. The number of nitrogens with zero attached hydrogens (tertiary/aromatic N) is 5. The van der Waals surface area contributed by atoms with Crippen LogP contribution in [0.25, 0.3) is 0 Å². The minimum atomic E-state index is -0.326. The summed E-state index contributed by atoms with van der Waals surface area (Å²) in [5, 5.41) is 7.24. The Balaban J connectivity index is 1.66. The van der Waals surface area contributed by atoms with Gasteiger partial charge in [0, 0.05) is 40.1 Å². The van der Waals surface area contributed by atoms with Crippen molar-refractivity contribution < 1.29 is 9.59 Å². The van der Waals surface area contributed by atoms with E-state index in [2.05, 4.69) is 15.4 Å². The van der Waals surface area contributed by atoms with Gasteiger partial charge < -0.3 is 15.1 Å². The first kappa shape index (κ1) is 16.0. The fraction of sp³-hybridized carbons (Fsp3) is 0.375. The van der Waals surface area contributed by atoms with Crippen LogP contribution in [-0.4, -0.2) is 58.2 Å². The predicted octanol–water partition coefficient (Wildman–Crippen LogP) is 0.734. The normalized spacial score (nSPS) is 17.2. The molecule has 3 rings (SSSR count). The van der Waals surface area contributed by atoms with Gasteiger partial charge >= 0.3 is 0 Å². The maximum atomic E-state index is 12.5. The standard InChI is InChI=1S/C16H20N6O2/c1-20(2)15(23)11-4-5-14(17-8-11)19-13-6-7-22(16(13)24)12-9-18-21(3)10-12/h4-5,8-10,13H,6-7H2,1-3H3,(H,17,19). The third kappa shape index (κ3) is 3.08. The van der Waals surface area contributed by atoms with E-state index >= 15 is 0 Å². The molecule has 1 aliphatic heterocycles. The molecule has 0 saturated carbocycles. The van der Waals surface area contributed by atoms with Crippen LogP contribution in [0, 0.1) is 0 Å². The Labute approximate surface area is 140 Å². The van der Waals surface area contributed by atoms with Gasteiger partial charge in [0.25, 0.3) is 5.91 Å². The quantitative estimate of drug-likeness (QED) is 0.895. The van der Waals surface area contributed by atoms with E-state index < -0.39 is 0 Å². The Morgan fingerprint density at radius 3 is 2.71 bits per heavy atom. The molecule has 3 heterocycles. The van der Waals surface area contributed by atoms with E-state index in [-0.39, 0.29) is 17.9 Å². The second kappa shape index (κ2) is 6.31. The molecule has 2 amide bonds. The summed E-state index contributed by atoms with van der Waals surface area (Å²) >= 11 is 0. The number of anilines is 2. The lowest BCUT2D eigenvalue weighted by Gasteiger charge is -2.15. The lowest BCUT2D eigenvalue weighted by Crippen LogP contribution is -2.33. The van der Waals surface area contributed by atoms with Crippen molar-refractivity contribution in [3.8, 4) is 0 Å². The number of carbonyl (C=O) groups is 2. The van der Waals surface area contributed by atoms with Crippen LogP contribution in [0.2, 0.25) is 0 Å². The van der Waals surface area contributed by atoms with Gasteiger partial charge in [-0.1, -0.05) is 0 Å². The first-order valence-corrected chi connectivity index (χ1v) is 7.70. The van der Waals surface area contributed by atoms with Crippen LogP contribution < -0.4 is 10.2 Å². The largest absolute Gasteiger partial charge is 0.358 e. The molecule has 2 aromatic rings. The number of hydrogen-bond acceptors (Lipinski definition) is 5. The van der Waals surface area contributed by atoms with Gasteiger partial charge in [-0.3, -0.25) is 14.3 Å². The fourth-order valence-electron chi connectivity index (χ4n) is 2.66. The molecule has 2 aromatic heterocycles.